The number of benzene rings is 1. The molecule has 2 nitrogen and oxygen atoms in total. The Morgan fingerprint density at radius 3 is 2.70 bits per heavy atom. The lowest BCUT2D eigenvalue weighted by molar-refractivity contribution is -0.0941. The predicted octanol–water partition coefficient (Wildman–Crippen LogP) is 4.23. The summed E-state index contributed by atoms with van der Waals surface area (Å²) in [4.78, 5) is 0. The molecular weight excluding hydrogens is 248 g/mol. The van der Waals surface area contributed by atoms with Gasteiger partial charge in [-0.1, -0.05) is 43.7 Å². The third-order valence-electron chi connectivity index (χ3n) is 5.21. The lowest BCUT2D eigenvalue weighted by atomic mass is 9.64. The zero-order chi connectivity index (χ0) is 14.3. The van der Waals surface area contributed by atoms with Crippen molar-refractivity contribution in [2.24, 2.45) is 23.7 Å². The first-order valence-corrected chi connectivity index (χ1v) is 7.56. The molecule has 2 aliphatic rings. The van der Waals surface area contributed by atoms with Crippen molar-refractivity contribution in [2.75, 3.05) is 13.7 Å². The van der Waals surface area contributed by atoms with Crippen LogP contribution in [0.2, 0.25) is 0 Å². The number of allylic oxidation sites excluding steroid dienone is 1. The third-order valence-corrected chi connectivity index (χ3v) is 5.21. The van der Waals surface area contributed by atoms with Crippen LogP contribution in [0.15, 0.2) is 35.9 Å². The van der Waals surface area contributed by atoms with Crippen LogP contribution in [0, 0.1) is 23.7 Å². The summed E-state index contributed by atoms with van der Waals surface area (Å²) < 4.78 is 11.8. The number of methoxy groups -OCH3 is 1. The maximum atomic E-state index is 6.26. The second-order valence-electron chi connectivity index (χ2n) is 6.31. The van der Waals surface area contributed by atoms with Crippen molar-refractivity contribution in [3.8, 4) is 5.75 Å². The first kappa shape index (κ1) is 13.7. The Hall–Kier alpha value is -1.28. The van der Waals surface area contributed by atoms with Crippen LogP contribution in [0.25, 0.3) is 0 Å². The number of para-hydroxylation sites is 1. The van der Waals surface area contributed by atoms with Gasteiger partial charge in [-0.2, -0.15) is 0 Å². The fourth-order valence-electron chi connectivity index (χ4n) is 4.13. The fraction of sp³-hybridized carbons (Fsp3) is 0.556. The van der Waals surface area contributed by atoms with Gasteiger partial charge in [0.25, 0.3) is 0 Å². The van der Waals surface area contributed by atoms with Gasteiger partial charge in [0.1, 0.15) is 5.75 Å². The second-order valence-corrected chi connectivity index (χ2v) is 6.31. The molecular formula is C18H24O2. The predicted molar refractivity (Wildman–Crippen MR) is 80.8 cm³/mol. The van der Waals surface area contributed by atoms with Gasteiger partial charge in [0.2, 0.25) is 0 Å². The van der Waals surface area contributed by atoms with E-state index in [4.69, 9.17) is 9.47 Å². The molecule has 1 saturated heterocycles. The molecule has 1 aromatic rings. The molecule has 2 heteroatoms. The quantitative estimate of drug-likeness (QED) is 0.750. The van der Waals surface area contributed by atoms with Crippen LogP contribution in [0.1, 0.15) is 32.4 Å². The summed E-state index contributed by atoms with van der Waals surface area (Å²) >= 11 is 0. The number of ether oxygens (including phenoxy) is 2. The molecule has 1 fully saturated rings. The molecule has 0 amide bonds. The highest BCUT2D eigenvalue weighted by molar-refractivity contribution is 5.37. The Bertz CT molecular complexity index is 520. The molecule has 1 aromatic carbocycles. The molecule has 3 rings (SSSR count). The van der Waals surface area contributed by atoms with Crippen molar-refractivity contribution in [1.82, 2.24) is 0 Å². The van der Waals surface area contributed by atoms with E-state index in [1.54, 1.807) is 7.11 Å². The second kappa shape index (κ2) is 5.25. The van der Waals surface area contributed by atoms with E-state index >= 15 is 0 Å². The molecule has 1 aliphatic heterocycles. The number of hydrogen-bond donors (Lipinski definition) is 0. The largest absolute Gasteiger partial charge is 0.496 e. The van der Waals surface area contributed by atoms with Crippen LogP contribution in [0.4, 0.5) is 0 Å². The van der Waals surface area contributed by atoms with Crippen LogP contribution >= 0.6 is 0 Å². The normalized spacial score (nSPS) is 36.4. The van der Waals surface area contributed by atoms with Crippen molar-refractivity contribution in [3.63, 3.8) is 0 Å². The molecule has 0 unspecified atom stereocenters. The summed E-state index contributed by atoms with van der Waals surface area (Å²) in [5.41, 5.74) is 2.66. The van der Waals surface area contributed by atoms with E-state index in [1.165, 1.54) is 11.1 Å². The average molecular weight is 272 g/mol. The molecule has 0 spiro atoms. The number of rotatable bonds is 2. The molecule has 108 valence electrons. The van der Waals surface area contributed by atoms with Gasteiger partial charge >= 0.3 is 0 Å². The van der Waals surface area contributed by atoms with E-state index < -0.39 is 0 Å². The Labute approximate surface area is 121 Å². The Balaban J connectivity index is 2.01. The van der Waals surface area contributed by atoms with Crippen molar-refractivity contribution in [2.45, 2.75) is 26.9 Å². The van der Waals surface area contributed by atoms with Crippen LogP contribution in [0.5, 0.6) is 5.75 Å². The zero-order valence-electron chi connectivity index (χ0n) is 12.8. The van der Waals surface area contributed by atoms with Gasteiger partial charge in [-0.15, -0.1) is 0 Å². The minimum Gasteiger partial charge on any atom is -0.496 e. The zero-order valence-corrected chi connectivity index (χ0v) is 12.8. The fourth-order valence-corrected chi connectivity index (χ4v) is 4.13. The van der Waals surface area contributed by atoms with Crippen molar-refractivity contribution in [1.29, 1.82) is 0 Å². The summed E-state index contributed by atoms with van der Waals surface area (Å²) in [6, 6.07) is 8.26. The van der Waals surface area contributed by atoms with Crippen molar-refractivity contribution in [3.05, 3.63) is 41.5 Å². The van der Waals surface area contributed by atoms with E-state index in [1.807, 2.05) is 12.1 Å². The van der Waals surface area contributed by atoms with E-state index in [-0.39, 0.29) is 6.10 Å². The molecule has 5 atom stereocenters. The van der Waals surface area contributed by atoms with Crippen LogP contribution in [-0.4, -0.2) is 13.7 Å². The van der Waals surface area contributed by atoms with Gasteiger partial charge in [-0.3, -0.25) is 0 Å². The summed E-state index contributed by atoms with van der Waals surface area (Å²) in [7, 11) is 1.74. The van der Waals surface area contributed by atoms with E-state index in [9.17, 15) is 0 Å². The Morgan fingerprint density at radius 2 is 1.95 bits per heavy atom. The minimum atomic E-state index is 0.126. The molecule has 2 bridgehead atoms. The van der Waals surface area contributed by atoms with Gasteiger partial charge in [-0.05, 0) is 30.7 Å². The van der Waals surface area contributed by atoms with E-state index in [2.05, 4.69) is 39.0 Å². The molecule has 0 radical (unpaired) electrons. The van der Waals surface area contributed by atoms with Gasteiger partial charge < -0.3 is 9.47 Å². The van der Waals surface area contributed by atoms with Crippen LogP contribution in [-0.2, 0) is 4.74 Å². The number of fused-ring (bicyclic) bond motifs is 2. The van der Waals surface area contributed by atoms with Gasteiger partial charge in [0.15, 0.2) is 0 Å². The van der Waals surface area contributed by atoms with Gasteiger partial charge in [-0.25, -0.2) is 0 Å². The van der Waals surface area contributed by atoms with E-state index in [0.717, 1.165) is 12.4 Å². The molecule has 1 aliphatic carbocycles. The maximum absolute atomic E-state index is 6.26. The molecule has 0 saturated carbocycles. The third kappa shape index (κ3) is 2.07. The summed E-state index contributed by atoms with van der Waals surface area (Å²) in [6.45, 7) is 7.80. The minimum absolute atomic E-state index is 0.126. The monoisotopic (exact) mass is 272 g/mol. The first-order chi connectivity index (χ1) is 9.63. The maximum Gasteiger partial charge on any atom is 0.124 e. The van der Waals surface area contributed by atoms with Crippen molar-refractivity contribution < 1.29 is 9.47 Å². The summed E-state index contributed by atoms with van der Waals surface area (Å²) in [5.74, 6) is 3.35. The highest BCUT2D eigenvalue weighted by atomic mass is 16.5. The number of hydrogen-bond acceptors (Lipinski definition) is 2. The SMILES string of the molecule is COc1ccccc1[C@@H]1OC[C@H]2[C@H](C)[C@@H]1C(C)=C[C@H]2C. The van der Waals surface area contributed by atoms with Crippen LogP contribution < -0.4 is 4.74 Å². The molecule has 0 N–H and O–H groups in total. The highest BCUT2D eigenvalue weighted by Crippen LogP contribution is 2.50. The summed E-state index contributed by atoms with van der Waals surface area (Å²) in [6.07, 6.45) is 2.57. The highest BCUT2D eigenvalue weighted by Gasteiger charge is 2.44. The average Bonchev–Trinajstić information content (AvgIpc) is 2.44. The lowest BCUT2D eigenvalue weighted by Gasteiger charge is -2.47. The molecule has 0 aromatic heterocycles. The summed E-state index contributed by atoms with van der Waals surface area (Å²) in [5, 5.41) is 0. The van der Waals surface area contributed by atoms with E-state index in [0.29, 0.717) is 23.7 Å². The molecule has 20 heavy (non-hydrogen) atoms. The smallest absolute Gasteiger partial charge is 0.124 e. The van der Waals surface area contributed by atoms with Crippen LogP contribution in [0.3, 0.4) is 0 Å². The standard InChI is InChI=1S/C18H24O2/c1-11-9-12(2)17-13(3)15(11)10-20-18(17)14-7-5-6-8-16(14)19-4/h5-9,11,13,15,17-18H,10H2,1-4H3/t11-,13+,15-,17+,18+/m1/s1. The topological polar surface area (TPSA) is 18.5 Å². The van der Waals surface area contributed by atoms with Gasteiger partial charge in [0, 0.05) is 11.5 Å². The Kier molecular flexibility index (Phi) is 3.59. The van der Waals surface area contributed by atoms with Gasteiger partial charge in [0.05, 0.1) is 19.8 Å². The van der Waals surface area contributed by atoms with Crippen molar-refractivity contribution >= 4 is 0 Å². The lowest BCUT2D eigenvalue weighted by Crippen LogP contribution is -2.42. The first-order valence-electron chi connectivity index (χ1n) is 7.56. The molecule has 1 heterocycles. The Morgan fingerprint density at radius 1 is 1.20 bits per heavy atom.